The number of rotatable bonds is 7. The zero-order valence-corrected chi connectivity index (χ0v) is 18.4. The minimum absolute atomic E-state index is 0.680. The van der Waals surface area contributed by atoms with Crippen molar-refractivity contribution in [1.82, 2.24) is 4.90 Å². The lowest BCUT2D eigenvalue weighted by Crippen LogP contribution is -2.47. The van der Waals surface area contributed by atoms with Crippen molar-refractivity contribution in [1.29, 1.82) is 0 Å². The molecule has 3 aromatic carbocycles. The van der Waals surface area contributed by atoms with Gasteiger partial charge >= 0.3 is 0 Å². The summed E-state index contributed by atoms with van der Waals surface area (Å²) >= 11 is 0. The van der Waals surface area contributed by atoms with E-state index in [1.165, 1.54) is 16.8 Å². The highest BCUT2D eigenvalue weighted by Crippen LogP contribution is 2.28. The van der Waals surface area contributed by atoms with Gasteiger partial charge in [0.25, 0.3) is 0 Å². The van der Waals surface area contributed by atoms with Gasteiger partial charge < -0.3 is 14.4 Å². The van der Waals surface area contributed by atoms with E-state index in [9.17, 15) is 0 Å². The molecular formula is C26H29N3O2. The number of hydrogen-bond donors (Lipinski definition) is 0. The molecule has 0 bridgehead atoms. The van der Waals surface area contributed by atoms with Crippen LogP contribution in [0.4, 0.5) is 5.69 Å². The molecule has 160 valence electrons. The average molecular weight is 416 g/mol. The number of hydrogen-bond acceptors (Lipinski definition) is 5. The number of aryl methyl sites for hydroxylation is 1. The summed E-state index contributed by atoms with van der Waals surface area (Å²) in [6, 6.07) is 25.2. The van der Waals surface area contributed by atoms with Crippen molar-refractivity contribution in [3.8, 4) is 11.5 Å². The highest BCUT2D eigenvalue weighted by molar-refractivity contribution is 6.10. The molecule has 0 N–H and O–H groups in total. The van der Waals surface area contributed by atoms with E-state index < -0.39 is 0 Å². The molecule has 1 aliphatic rings. The maximum atomic E-state index is 5.45. The number of anilines is 1. The van der Waals surface area contributed by atoms with Gasteiger partial charge in [0.15, 0.2) is 11.5 Å². The van der Waals surface area contributed by atoms with Crippen LogP contribution in [0.15, 0.2) is 77.8 Å². The van der Waals surface area contributed by atoms with Gasteiger partial charge in [0, 0.05) is 17.8 Å². The third kappa shape index (κ3) is 4.89. The first-order chi connectivity index (χ1) is 15.2. The molecule has 31 heavy (non-hydrogen) atoms. The summed E-state index contributed by atoms with van der Waals surface area (Å²) in [5.41, 5.74) is 4.77. The average Bonchev–Trinajstić information content (AvgIpc) is 2.83. The molecule has 5 nitrogen and oxygen atoms in total. The normalized spacial score (nSPS) is 14.3. The van der Waals surface area contributed by atoms with Crippen molar-refractivity contribution in [2.24, 2.45) is 4.99 Å². The number of methoxy groups -OCH3 is 2. The van der Waals surface area contributed by atoms with Crippen LogP contribution in [0.25, 0.3) is 0 Å². The molecule has 4 rings (SSSR count). The molecule has 0 fully saturated rings. The molecule has 0 amide bonds. The Balaban J connectivity index is 1.54. The second-order valence-electron chi connectivity index (χ2n) is 7.73. The van der Waals surface area contributed by atoms with E-state index >= 15 is 0 Å². The van der Waals surface area contributed by atoms with Gasteiger partial charge in [-0.1, -0.05) is 48.5 Å². The molecule has 0 radical (unpaired) electrons. The Morgan fingerprint density at radius 1 is 0.871 bits per heavy atom. The van der Waals surface area contributed by atoms with E-state index in [1.54, 1.807) is 14.2 Å². The van der Waals surface area contributed by atoms with Crippen molar-refractivity contribution >= 4 is 11.5 Å². The Morgan fingerprint density at radius 3 is 2.42 bits per heavy atom. The Morgan fingerprint density at radius 2 is 1.68 bits per heavy atom. The van der Waals surface area contributed by atoms with Gasteiger partial charge in [0.1, 0.15) is 5.84 Å². The Kier molecular flexibility index (Phi) is 6.53. The summed E-state index contributed by atoms with van der Waals surface area (Å²) in [7, 11) is 3.33. The second-order valence-corrected chi connectivity index (χ2v) is 7.73. The highest BCUT2D eigenvalue weighted by atomic mass is 16.5. The number of ether oxygens (including phenoxy) is 2. The van der Waals surface area contributed by atoms with Crippen LogP contribution < -0.4 is 14.4 Å². The first-order valence-corrected chi connectivity index (χ1v) is 10.6. The van der Waals surface area contributed by atoms with Crippen LogP contribution in [0.5, 0.6) is 11.5 Å². The third-order valence-electron chi connectivity index (χ3n) is 5.53. The molecule has 0 saturated carbocycles. The molecular weight excluding hydrogens is 386 g/mol. The van der Waals surface area contributed by atoms with Crippen molar-refractivity contribution in [3.05, 3.63) is 89.5 Å². The summed E-state index contributed by atoms with van der Waals surface area (Å²) < 4.78 is 10.8. The Labute approximate surface area is 184 Å². The number of benzene rings is 3. The molecule has 0 aromatic heterocycles. The fraction of sp³-hybridized carbons (Fsp3) is 0.269. The third-order valence-corrected chi connectivity index (χ3v) is 5.53. The van der Waals surface area contributed by atoms with Gasteiger partial charge in [-0.2, -0.15) is 0 Å². The summed E-state index contributed by atoms with van der Waals surface area (Å²) in [6.07, 6.45) is 0.915. The predicted molar refractivity (Wildman–Crippen MR) is 126 cm³/mol. The van der Waals surface area contributed by atoms with Gasteiger partial charge in [-0.25, -0.2) is 0 Å². The Bertz CT molecular complexity index is 1050. The smallest absolute Gasteiger partial charge is 0.160 e. The van der Waals surface area contributed by atoms with Gasteiger partial charge in [-0.05, 0) is 48.7 Å². The molecule has 0 saturated heterocycles. The van der Waals surface area contributed by atoms with E-state index in [4.69, 9.17) is 14.5 Å². The molecule has 3 aromatic rings. The first kappa shape index (κ1) is 20.9. The quantitative estimate of drug-likeness (QED) is 0.559. The number of nitrogens with zero attached hydrogens (tertiary/aromatic N) is 3. The predicted octanol–water partition coefficient (Wildman–Crippen LogP) is 4.74. The van der Waals surface area contributed by atoms with Crippen molar-refractivity contribution < 1.29 is 9.47 Å². The maximum absolute atomic E-state index is 5.45. The minimum atomic E-state index is 0.680. The lowest BCUT2D eigenvalue weighted by molar-refractivity contribution is 0.284. The molecule has 0 spiro atoms. The maximum Gasteiger partial charge on any atom is 0.160 e. The lowest BCUT2D eigenvalue weighted by atomic mass is 10.1. The van der Waals surface area contributed by atoms with Crippen LogP contribution in [-0.4, -0.2) is 44.8 Å². The van der Waals surface area contributed by atoms with E-state index in [0.29, 0.717) is 6.67 Å². The fourth-order valence-electron chi connectivity index (χ4n) is 3.86. The van der Waals surface area contributed by atoms with Crippen LogP contribution in [0.2, 0.25) is 0 Å². The number of amidine groups is 1. The molecule has 0 atom stereocenters. The van der Waals surface area contributed by atoms with Gasteiger partial charge in [0.2, 0.25) is 0 Å². The molecule has 1 aliphatic heterocycles. The number of aliphatic imine (C=N–C) groups is 1. The lowest BCUT2D eigenvalue weighted by Gasteiger charge is -2.36. The van der Waals surface area contributed by atoms with E-state index in [0.717, 1.165) is 42.5 Å². The first-order valence-electron chi connectivity index (χ1n) is 10.6. The molecule has 1 heterocycles. The Hall–Kier alpha value is -3.31. The van der Waals surface area contributed by atoms with Crippen LogP contribution >= 0.6 is 0 Å². The van der Waals surface area contributed by atoms with E-state index in [1.807, 2.05) is 12.1 Å². The van der Waals surface area contributed by atoms with E-state index in [2.05, 4.69) is 77.4 Å². The second kappa shape index (κ2) is 9.67. The molecule has 0 unspecified atom stereocenters. The summed E-state index contributed by atoms with van der Waals surface area (Å²) in [5, 5.41) is 0. The topological polar surface area (TPSA) is 37.3 Å². The standard InChI is InChI=1S/C26H29N3O2/c1-20-8-7-11-23(16-20)29-19-28(18-27-26(29)22-9-5-4-6-10-22)15-14-21-12-13-24(30-2)25(17-21)31-3/h4-13,16-17H,14-15,18-19H2,1-3H3. The summed E-state index contributed by atoms with van der Waals surface area (Å²) in [5.74, 6) is 2.55. The zero-order chi connectivity index (χ0) is 21.6. The van der Waals surface area contributed by atoms with Crippen LogP contribution in [0, 0.1) is 6.92 Å². The van der Waals surface area contributed by atoms with Gasteiger partial charge in [0.05, 0.1) is 27.6 Å². The molecule has 5 heteroatoms. The van der Waals surface area contributed by atoms with Gasteiger partial charge in [-0.15, -0.1) is 0 Å². The minimum Gasteiger partial charge on any atom is -0.493 e. The zero-order valence-electron chi connectivity index (χ0n) is 18.4. The SMILES string of the molecule is COc1ccc(CCN2CN=C(c3ccccc3)N(c3cccc(C)c3)C2)cc1OC. The summed E-state index contributed by atoms with van der Waals surface area (Å²) in [6.45, 7) is 4.51. The van der Waals surface area contributed by atoms with Crippen molar-refractivity contribution in [2.75, 3.05) is 39.0 Å². The van der Waals surface area contributed by atoms with Crippen molar-refractivity contribution in [2.45, 2.75) is 13.3 Å². The van der Waals surface area contributed by atoms with Crippen molar-refractivity contribution in [3.63, 3.8) is 0 Å². The van der Waals surface area contributed by atoms with Crippen LogP contribution in [0.1, 0.15) is 16.7 Å². The van der Waals surface area contributed by atoms with Crippen LogP contribution in [-0.2, 0) is 6.42 Å². The largest absolute Gasteiger partial charge is 0.493 e. The van der Waals surface area contributed by atoms with E-state index in [-0.39, 0.29) is 0 Å². The highest BCUT2D eigenvalue weighted by Gasteiger charge is 2.23. The summed E-state index contributed by atoms with van der Waals surface area (Å²) in [4.78, 5) is 9.64. The van der Waals surface area contributed by atoms with Crippen LogP contribution in [0.3, 0.4) is 0 Å². The molecule has 0 aliphatic carbocycles. The van der Waals surface area contributed by atoms with Gasteiger partial charge in [-0.3, -0.25) is 9.89 Å². The monoisotopic (exact) mass is 415 g/mol. The fourth-order valence-corrected chi connectivity index (χ4v) is 3.86.